The van der Waals surface area contributed by atoms with Crippen LogP contribution in [0.3, 0.4) is 0 Å². The Morgan fingerprint density at radius 2 is 1.55 bits per heavy atom. The molecule has 0 radical (unpaired) electrons. The maximum atomic E-state index is 13.9. The second-order valence-electron chi connectivity index (χ2n) is 10.2. The molecule has 4 aliphatic heterocycles. The topological polar surface area (TPSA) is 133 Å². The summed E-state index contributed by atoms with van der Waals surface area (Å²) >= 11 is 1.28. The Kier molecular flexibility index (Phi) is 5.64. The summed E-state index contributed by atoms with van der Waals surface area (Å²) in [7, 11) is 0. The van der Waals surface area contributed by atoms with Crippen molar-refractivity contribution in [2.45, 2.75) is 31.1 Å². The van der Waals surface area contributed by atoms with Crippen LogP contribution in [0.5, 0.6) is 23.0 Å². The first-order chi connectivity index (χ1) is 21.0. The van der Waals surface area contributed by atoms with Crippen molar-refractivity contribution in [3.05, 3.63) is 53.9 Å². The number of carbonyl (C=O) groups excluding carboxylic acids is 2. The van der Waals surface area contributed by atoms with Gasteiger partial charge >= 0.3 is 12.6 Å². The van der Waals surface area contributed by atoms with Crippen molar-refractivity contribution in [1.29, 1.82) is 0 Å². The van der Waals surface area contributed by atoms with Gasteiger partial charge in [-0.25, -0.2) is 9.97 Å². The molecule has 8 rings (SSSR count). The number of ether oxygens (including phenoxy) is 5. The number of aromatic nitrogens is 2. The number of fused-ring (bicyclic) bond motifs is 5. The maximum absolute atomic E-state index is 13.9. The van der Waals surface area contributed by atoms with Crippen molar-refractivity contribution < 1.29 is 50.8 Å². The predicted octanol–water partition coefficient (Wildman–Crippen LogP) is 4.82. The number of thiazole rings is 1. The Morgan fingerprint density at radius 1 is 0.864 bits per heavy atom. The van der Waals surface area contributed by atoms with Gasteiger partial charge in [0.05, 0.1) is 46.8 Å². The van der Waals surface area contributed by atoms with Crippen molar-refractivity contribution in [3.8, 4) is 23.0 Å². The molecule has 17 heteroatoms. The number of carbonyl (C=O) groups is 2. The average Bonchev–Trinajstić information content (AvgIpc) is 3.61. The number of amides is 2. The molecule has 2 aromatic heterocycles. The number of hydrogen-bond donors (Lipinski definition) is 2. The molecule has 4 aromatic rings. The summed E-state index contributed by atoms with van der Waals surface area (Å²) in [6, 6.07) is 7.58. The lowest BCUT2D eigenvalue weighted by molar-refractivity contribution is -0.287. The normalized spacial score (nSPS) is 21.6. The summed E-state index contributed by atoms with van der Waals surface area (Å²) < 4.78 is 78.4. The van der Waals surface area contributed by atoms with Crippen LogP contribution in [0.2, 0.25) is 0 Å². The highest BCUT2D eigenvalue weighted by Gasteiger charge is 2.46. The molecule has 2 amide bonds. The highest BCUT2D eigenvalue weighted by Crippen LogP contribution is 2.46. The summed E-state index contributed by atoms with van der Waals surface area (Å²) in [4.78, 5) is 38.0. The average molecular weight is 632 g/mol. The standard InChI is InChI=1S/C27H17F4N5O7S/c28-26(29)40-17-2-1-11(5-18(17)41-26)33-23(37)14-7-19-20(43-27(30,31)42-19)8-16(14)34-24(38)21-22-15(3-4-32-21)35-25(44-22)36-12-6-13(36)10-39-9-12/h1-5,7-8,12-13H,6,9-10H2,(H,33,37)(H,34,38). The molecular formula is C27H17F4N5O7S. The van der Waals surface area contributed by atoms with Gasteiger partial charge in [-0.2, -0.15) is 0 Å². The van der Waals surface area contributed by atoms with Crippen LogP contribution in [-0.4, -0.2) is 59.7 Å². The van der Waals surface area contributed by atoms with Gasteiger partial charge in [-0.05, 0) is 30.7 Å². The van der Waals surface area contributed by atoms with E-state index in [1.165, 1.54) is 23.6 Å². The monoisotopic (exact) mass is 631 g/mol. The van der Waals surface area contributed by atoms with Crippen LogP contribution in [0.15, 0.2) is 42.6 Å². The third kappa shape index (κ3) is 4.46. The summed E-state index contributed by atoms with van der Waals surface area (Å²) in [6.45, 7) is 1.18. The van der Waals surface area contributed by atoms with E-state index in [2.05, 4.69) is 44.4 Å². The zero-order valence-corrected chi connectivity index (χ0v) is 22.8. The van der Waals surface area contributed by atoms with Gasteiger partial charge in [0.1, 0.15) is 5.69 Å². The van der Waals surface area contributed by atoms with Crippen LogP contribution < -0.4 is 34.5 Å². The first-order valence-electron chi connectivity index (χ1n) is 13.1. The number of alkyl halides is 4. The molecular weight excluding hydrogens is 614 g/mol. The van der Waals surface area contributed by atoms with Gasteiger partial charge in [-0.15, -0.1) is 17.6 Å². The maximum Gasteiger partial charge on any atom is 0.586 e. The lowest BCUT2D eigenvalue weighted by Crippen LogP contribution is -2.64. The summed E-state index contributed by atoms with van der Waals surface area (Å²) in [6.07, 6.45) is -5.47. The largest absolute Gasteiger partial charge is 0.586 e. The molecule has 0 spiro atoms. The SMILES string of the molecule is O=C(Nc1ccc2c(c1)OC(F)(F)O2)c1cc2c(cc1NC(=O)c1nccc3nc(N4C5COCC4C5)sc13)OC(F)(F)O2. The molecule has 44 heavy (non-hydrogen) atoms. The minimum atomic E-state index is -4.01. The van der Waals surface area contributed by atoms with E-state index in [-0.39, 0.29) is 46.2 Å². The van der Waals surface area contributed by atoms with Crippen LogP contribution in [-0.2, 0) is 4.74 Å². The smallest absolute Gasteiger partial charge is 0.395 e. The molecule has 2 unspecified atom stereocenters. The summed E-state index contributed by atoms with van der Waals surface area (Å²) in [5.74, 6) is -3.10. The molecule has 6 heterocycles. The van der Waals surface area contributed by atoms with E-state index in [9.17, 15) is 27.2 Å². The second kappa shape index (κ2) is 9.30. The van der Waals surface area contributed by atoms with Gasteiger partial charge in [0.15, 0.2) is 28.1 Å². The molecule has 2 N–H and O–H groups in total. The van der Waals surface area contributed by atoms with Crippen molar-refractivity contribution in [1.82, 2.24) is 9.97 Å². The molecule has 226 valence electrons. The van der Waals surface area contributed by atoms with E-state index >= 15 is 0 Å². The lowest BCUT2D eigenvalue weighted by atomic mass is 9.92. The Hall–Kier alpha value is -4.90. The fraction of sp³-hybridized carbons (Fsp3) is 0.259. The van der Waals surface area contributed by atoms with Crippen molar-refractivity contribution in [3.63, 3.8) is 0 Å². The van der Waals surface area contributed by atoms with Crippen LogP contribution in [0.1, 0.15) is 27.3 Å². The highest BCUT2D eigenvalue weighted by atomic mass is 32.1. The van der Waals surface area contributed by atoms with E-state index in [0.29, 0.717) is 23.4 Å². The number of benzene rings is 2. The number of hydrogen-bond acceptors (Lipinski definition) is 11. The Bertz CT molecular complexity index is 1870. The van der Waals surface area contributed by atoms with Crippen LogP contribution >= 0.6 is 11.3 Å². The lowest BCUT2D eigenvalue weighted by Gasteiger charge is -2.52. The van der Waals surface area contributed by atoms with Crippen molar-refractivity contribution >= 4 is 49.9 Å². The third-order valence-electron chi connectivity index (χ3n) is 7.37. The highest BCUT2D eigenvalue weighted by molar-refractivity contribution is 7.22. The number of anilines is 3. The van der Waals surface area contributed by atoms with E-state index in [4.69, 9.17) is 4.74 Å². The van der Waals surface area contributed by atoms with E-state index in [1.807, 2.05) is 0 Å². The zero-order chi connectivity index (χ0) is 30.4. The molecule has 2 aromatic carbocycles. The van der Waals surface area contributed by atoms with E-state index in [0.717, 1.165) is 35.8 Å². The zero-order valence-electron chi connectivity index (χ0n) is 21.9. The first-order valence-corrected chi connectivity index (χ1v) is 13.9. The number of halogens is 4. The molecule has 2 atom stereocenters. The van der Waals surface area contributed by atoms with Gasteiger partial charge in [0.25, 0.3) is 11.8 Å². The molecule has 0 aliphatic carbocycles. The number of pyridine rings is 1. The molecule has 12 nitrogen and oxygen atoms in total. The fourth-order valence-electron chi connectivity index (χ4n) is 5.46. The van der Waals surface area contributed by atoms with Crippen LogP contribution in [0.4, 0.5) is 34.1 Å². The quantitative estimate of drug-likeness (QED) is 0.296. The predicted molar refractivity (Wildman–Crippen MR) is 144 cm³/mol. The van der Waals surface area contributed by atoms with Crippen LogP contribution in [0.25, 0.3) is 10.2 Å². The molecule has 4 aliphatic rings. The molecule has 2 fully saturated rings. The Morgan fingerprint density at radius 3 is 2.27 bits per heavy atom. The van der Waals surface area contributed by atoms with Crippen molar-refractivity contribution in [2.75, 3.05) is 28.7 Å². The van der Waals surface area contributed by atoms with E-state index < -0.39 is 35.9 Å². The summed E-state index contributed by atoms with van der Waals surface area (Å²) in [5, 5.41) is 5.75. The van der Waals surface area contributed by atoms with E-state index in [1.54, 1.807) is 6.07 Å². The Balaban J connectivity index is 1.10. The van der Waals surface area contributed by atoms with Crippen LogP contribution in [0, 0.1) is 0 Å². The fourth-order valence-corrected chi connectivity index (χ4v) is 6.65. The van der Waals surface area contributed by atoms with Crippen molar-refractivity contribution in [2.24, 2.45) is 0 Å². The Labute approximate surface area is 247 Å². The molecule has 2 bridgehead atoms. The number of rotatable bonds is 5. The second-order valence-corrected chi connectivity index (χ2v) is 11.2. The van der Waals surface area contributed by atoms with Gasteiger partial charge in [-0.3, -0.25) is 9.59 Å². The number of nitrogens with one attached hydrogen (secondary N) is 2. The molecule has 0 saturated carbocycles. The summed E-state index contributed by atoms with van der Waals surface area (Å²) in [5.41, 5.74) is 0.0387. The molecule has 2 saturated heterocycles. The number of nitrogens with zero attached hydrogens (tertiary/aromatic N) is 3. The van der Waals surface area contributed by atoms with Gasteiger partial charge in [-0.1, -0.05) is 11.3 Å². The first kappa shape index (κ1) is 26.7. The third-order valence-corrected chi connectivity index (χ3v) is 8.47. The van der Waals surface area contributed by atoms with Gasteiger partial charge in [0, 0.05) is 24.0 Å². The number of morpholine rings is 1. The minimum Gasteiger partial charge on any atom is -0.395 e. The van der Waals surface area contributed by atoms with Gasteiger partial charge in [0.2, 0.25) is 0 Å². The van der Waals surface area contributed by atoms with Gasteiger partial charge < -0.3 is 39.2 Å². The minimum absolute atomic E-state index is 0.000707.